The normalized spacial score (nSPS) is 10.7. The lowest BCUT2D eigenvalue weighted by Gasteiger charge is -2.11. The molecule has 98 valence electrons. The molecule has 3 heteroatoms. The van der Waals surface area contributed by atoms with Crippen LogP contribution in [0, 0.1) is 6.92 Å². The first-order chi connectivity index (χ1) is 9.70. The molecule has 0 saturated carbocycles. The van der Waals surface area contributed by atoms with Crippen LogP contribution in [0.15, 0.2) is 48.5 Å². The number of aldehydes is 1. The van der Waals surface area contributed by atoms with Crippen LogP contribution in [0.4, 0.5) is 0 Å². The van der Waals surface area contributed by atoms with Crippen molar-refractivity contribution < 1.29 is 4.79 Å². The Bertz CT molecular complexity index is 797. The summed E-state index contributed by atoms with van der Waals surface area (Å²) in [5.41, 5.74) is 4.17. The molecule has 0 aliphatic carbocycles. The van der Waals surface area contributed by atoms with Crippen molar-refractivity contribution in [2.24, 2.45) is 0 Å². The van der Waals surface area contributed by atoms with Crippen LogP contribution in [0.1, 0.15) is 15.9 Å². The van der Waals surface area contributed by atoms with E-state index in [0.717, 1.165) is 33.9 Å². The summed E-state index contributed by atoms with van der Waals surface area (Å²) < 4.78 is 0. The first kappa shape index (κ1) is 12.8. The maximum Gasteiger partial charge on any atom is 0.153 e. The number of halogens is 1. The molecule has 0 atom stereocenters. The van der Waals surface area contributed by atoms with Gasteiger partial charge < -0.3 is 0 Å². The summed E-state index contributed by atoms with van der Waals surface area (Å²) in [6, 6.07) is 15.7. The van der Waals surface area contributed by atoms with E-state index < -0.39 is 0 Å². The monoisotopic (exact) mass is 281 g/mol. The van der Waals surface area contributed by atoms with Crippen molar-refractivity contribution in [1.82, 2.24) is 4.98 Å². The third-order valence-electron chi connectivity index (χ3n) is 3.31. The molecule has 20 heavy (non-hydrogen) atoms. The number of benzene rings is 2. The molecule has 0 unspecified atom stereocenters. The van der Waals surface area contributed by atoms with Gasteiger partial charge in [0.05, 0.1) is 11.1 Å². The number of aryl methyl sites for hydroxylation is 1. The van der Waals surface area contributed by atoms with E-state index in [2.05, 4.69) is 4.98 Å². The van der Waals surface area contributed by atoms with Crippen molar-refractivity contribution in [3.63, 3.8) is 0 Å². The lowest BCUT2D eigenvalue weighted by molar-refractivity contribution is 0.112. The number of hydrogen-bond acceptors (Lipinski definition) is 2. The van der Waals surface area contributed by atoms with Gasteiger partial charge in [0.1, 0.15) is 5.15 Å². The molecule has 0 N–H and O–H groups in total. The molecular weight excluding hydrogens is 270 g/mol. The molecule has 3 aromatic rings. The largest absolute Gasteiger partial charge is 0.298 e. The number of nitrogens with zero attached hydrogens (tertiary/aromatic N) is 1. The Morgan fingerprint density at radius 3 is 2.55 bits per heavy atom. The molecule has 2 aromatic carbocycles. The third-order valence-corrected chi connectivity index (χ3v) is 3.60. The van der Waals surface area contributed by atoms with Crippen LogP contribution in [-0.2, 0) is 0 Å². The SMILES string of the molecule is Cc1ccc2nc(Cl)c(C=O)c(-c3ccccc3)c2c1. The van der Waals surface area contributed by atoms with Crippen LogP contribution in [0.5, 0.6) is 0 Å². The van der Waals surface area contributed by atoms with Gasteiger partial charge >= 0.3 is 0 Å². The van der Waals surface area contributed by atoms with Crippen LogP contribution >= 0.6 is 11.6 Å². The highest BCUT2D eigenvalue weighted by molar-refractivity contribution is 6.33. The van der Waals surface area contributed by atoms with Crippen molar-refractivity contribution in [1.29, 1.82) is 0 Å². The van der Waals surface area contributed by atoms with Crippen molar-refractivity contribution in [2.75, 3.05) is 0 Å². The maximum atomic E-state index is 11.4. The smallest absolute Gasteiger partial charge is 0.153 e. The maximum absolute atomic E-state index is 11.4. The summed E-state index contributed by atoms with van der Waals surface area (Å²) in [4.78, 5) is 15.7. The van der Waals surface area contributed by atoms with Crippen LogP contribution in [0.25, 0.3) is 22.0 Å². The Labute approximate surface area is 122 Å². The predicted molar refractivity (Wildman–Crippen MR) is 82.3 cm³/mol. The van der Waals surface area contributed by atoms with E-state index in [0.29, 0.717) is 5.56 Å². The minimum Gasteiger partial charge on any atom is -0.298 e. The zero-order valence-corrected chi connectivity index (χ0v) is 11.7. The second kappa shape index (κ2) is 5.06. The molecule has 0 spiro atoms. The number of carbonyl (C=O) groups is 1. The number of hydrogen-bond donors (Lipinski definition) is 0. The number of rotatable bonds is 2. The molecule has 1 heterocycles. The van der Waals surface area contributed by atoms with Gasteiger partial charge in [0.15, 0.2) is 6.29 Å². The van der Waals surface area contributed by atoms with Gasteiger partial charge in [-0.1, -0.05) is 53.6 Å². The number of pyridine rings is 1. The Balaban J connectivity index is 2.48. The van der Waals surface area contributed by atoms with Gasteiger partial charge in [0.2, 0.25) is 0 Å². The highest BCUT2D eigenvalue weighted by Crippen LogP contribution is 2.34. The van der Waals surface area contributed by atoms with Gasteiger partial charge in [0, 0.05) is 10.9 Å². The van der Waals surface area contributed by atoms with Gasteiger partial charge in [-0.15, -0.1) is 0 Å². The molecule has 2 nitrogen and oxygen atoms in total. The summed E-state index contributed by atoms with van der Waals surface area (Å²) in [6.07, 6.45) is 0.777. The quantitative estimate of drug-likeness (QED) is 0.504. The predicted octanol–water partition coefficient (Wildman–Crippen LogP) is 4.68. The Hall–Kier alpha value is -2.19. The fourth-order valence-electron chi connectivity index (χ4n) is 2.39. The molecule has 3 rings (SSSR count). The summed E-state index contributed by atoms with van der Waals surface area (Å²) in [5, 5.41) is 1.19. The van der Waals surface area contributed by atoms with Crippen LogP contribution in [0.3, 0.4) is 0 Å². The van der Waals surface area contributed by atoms with E-state index in [1.807, 2.05) is 55.5 Å². The van der Waals surface area contributed by atoms with E-state index in [4.69, 9.17) is 11.6 Å². The van der Waals surface area contributed by atoms with Crippen LogP contribution in [0.2, 0.25) is 5.15 Å². The lowest BCUT2D eigenvalue weighted by atomic mass is 9.96. The van der Waals surface area contributed by atoms with Gasteiger partial charge in [-0.2, -0.15) is 0 Å². The molecule has 0 bridgehead atoms. The van der Waals surface area contributed by atoms with Gasteiger partial charge in [-0.05, 0) is 24.6 Å². The third kappa shape index (κ3) is 2.08. The van der Waals surface area contributed by atoms with Gasteiger partial charge in [-0.25, -0.2) is 4.98 Å². The summed E-state index contributed by atoms with van der Waals surface area (Å²) in [7, 11) is 0. The molecule has 0 aliphatic heterocycles. The van der Waals surface area contributed by atoms with Gasteiger partial charge in [0.25, 0.3) is 0 Å². The molecule has 0 saturated heterocycles. The van der Waals surface area contributed by atoms with E-state index in [-0.39, 0.29) is 5.15 Å². The second-order valence-corrected chi connectivity index (χ2v) is 5.05. The molecule has 1 aromatic heterocycles. The average molecular weight is 282 g/mol. The summed E-state index contributed by atoms with van der Waals surface area (Å²) in [6.45, 7) is 2.02. The Morgan fingerprint density at radius 2 is 1.85 bits per heavy atom. The van der Waals surface area contributed by atoms with E-state index in [1.165, 1.54) is 0 Å². The van der Waals surface area contributed by atoms with Gasteiger partial charge in [-0.3, -0.25) is 4.79 Å². The Morgan fingerprint density at radius 1 is 1.10 bits per heavy atom. The zero-order chi connectivity index (χ0) is 14.1. The minimum absolute atomic E-state index is 0.246. The summed E-state index contributed by atoms with van der Waals surface area (Å²) >= 11 is 6.16. The van der Waals surface area contributed by atoms with Crippen molar-refractivity contribution >= 4 is 28.8 Å². The number of aromatic nitrogens is 1. The van der Waals surface area contributed by atoms with Crippen molar-refractivity contribution in [3.05, 3.63) is 64.8 Å². The fourth-order valence-corrected chi connectivity index (χ4v) is 2.62. The first-order valence-corrected chi connectivity index (χ1v) is 6.69. The van der Waals surface area contributed by atoms with Crippen molar-refractivity contribution in [3.8, 4) is 11.1 Å². The minimum atomic E-state index is 0.246. The molecule has 0 radical (unpaired) electrons. The topological polar surface area (TPSA) is 30.0 Å². The zero-order valence-electron chi connectivity index (χ0n) is 10.9. The first-order valence-electron chi connectivity index (χ1n) is 6.31. The van der Waals surface area contributed by atoms with E-state index in [9.17, 15) is 4.79 Å². The summed E-state index contributed by atoms with van der Waals surface area (Å²) in [5.74, 6) is 0. The highest BCUT2D eigenvalue weighted by Gasteiger charge is 2.15. The van der Waals surface area contributed by atoms with Crippen molar-refractivity contribution in [2.45, 2.75) is 6.92 Å². The molecule has 0 aliphatic rings. The second-order valence-electron chi connectivity index (χ2n) is 4.70. The molecule has 0 fully saturated rings. The standard InChI is InChI=1S/C17H12ClNO/c1-11-7-8-15-13(9-11)16(12-5-3-2-4-6-12)14(10-20)17(18)19-15/h2-10H,1H3. The highest BCUT2D eigenvalue weighted by atomic mass is 35.5. The molecular formula is C17H12ClNO. The van der Waals surface area contributed by atoms with Crippen LogP contribution < -0.4 is 0 Å². The van der Waals surface area contributed by atoms with E-state index >= 15 is 0 Å². The number of carbonyl (C=O) groups excluding carboxylic acids is 1. The number of fused-ring (bicyclic) bond motifs is 1. The molecule has 0 amide bonds. The fraction of sp³-hybridized carbons (Fsp3) is 0.0588. The average Bonchev–Trinajstić information content (AvgIpc) is 2.47. The van der Waals surface area contributed by atoms with E-state index in [1.54, 1.807) is 0 Å². The van der Waals surface area contributed by atoms with Crippen LogP contribution in [-0.4, -0.2) is 11.3 Å². The lowest BCUT2D eigenvalue weighted by Crippen LogP contribution is -1.95. The Kier molecular flexibility index (Phi) is 3.25.